The number of likely N-dealkylation sites (tertiary alicyclic amines) is 1. The summed E-state index contributed by atoms with van der Waals surface area (Å²) in [6.45, 7) is 0.211. The Labute approximate surface area is 191 Å². The van der Waals surface area contributed by atoms with Crippen LogP contribution in [0.25, 0.3) is 0 Å². The molecule has 33 heavy (non-hydrogen) atoms. The lowest BCUT2D eigenvalue weighted by Crippen LogP contribution is -2.53. The molecule has 3 aromatic carbocycles. The molecule has 164 valence electrons. The highest BCUT2D eigenvalue weighted by Gasteiger charge is 2.70. The molecule has 0 aliphatic carbocycles. The number of hydrogen-bond donors (Lipinski definition) is 2. The van der Waals surface area contributed by atoms with Gasteiger partial charge in [-0.3, -0.25) is 24.6 Å². The molecule has 2 N–H and O–H groups in total. The van der Waals surface area contributed by atoms with Crippen molar-refractivity contribution in [1.82, 2.24) is 10.2 Å². The lowest BCUT2D eigenvalue weighted by molar-refractivity contribution is -0.143. The van der Waals surface area contributed by atoms with Gasteiger partial charge in [0.1, 0.15) is 5.54 Å². The highest BCUT2D eigenvalue weighted by molar-refractivity contribution is 6.15. The normalized spacial score (nSPS) is 27.7. The van der Waals surface area contributed by atoms with Crippen LogP contribution in [0.2, 0.25) is 0 Å². The van der Waals surface area contributed by atoms with E-state index in [9.17, 15) is 14.4 Å². The molecule has 0 unspecified atom stereocenters. The van der Waals surface area contributed by atoms with E-state index in [0.717, 1.165) is 16.7 Å². The van der Waals surface area contributed by atoms with Gasteiger partial charge in [0.2, 0.25) is 17.7 Å². The molecule has 4 atom stereocenters. The maximum Gasteiger partial charge on any atom is 0.250 e. The molecule has 3 aliphatic heterocycles. The van der Waals surface area contributed by atoms with Crippen molar-refractivity contribution in [1.29, 1.82) is 0 Å². The van der Waals surface area contributed by atoms with Gasteiger partial charge in [0.15, 0.2) is 0 Å². The molecule has 0 bridgehead atoms. The third-order valence-electron chi connectivity index (χ3n) is 7.20. The van der Waals surface area contributed by atoms with Crippen molar-refractivity contribution in [3.8, 4) is 0 Å². The fraction of sp³-hybridized carbons (Fsp3) is 0.222. The minimum atomic E-state index is -1.25. The van der Waals surface area contributed by atoms with Gasteiger partial charge in [-0.05, 0) is 23.6 Å². The molecule has 6 rings (SSSR count). The summed E-state index contributed by atoms with van der Waals surface area (Å²) in [5, 5.41) is 6.43. The second-order valence-corrected chi connectivity index (χ2v) is 9.00. The predicted molar refractivity (Wildman–Crippen MR) is 123 cm³/mol. The minimum Gasteiger partial charge on any atom is -0.324 e. The van der Waals surface area contributed by atoms with Crippen LogP contribution in [0.5, 0.6) is 0 Å². The molecule has 1 spiro atoms. The second kappa shape index (κ2) is 7.39. The van der Waals surface area contributed by atoms with E-state index in [0.29, 0.717) is 12.1 Å². The number of benzene rings is 3. The third-order valence-corrected chi connectivity index (χ3v) is 7.20. The smallest absolute Gasteiger partial charge is 0.250 e. The molecule has 0 saturated carbocycles. The van der Waals surface area contributed by atoms with Crippen LogP contribution >= 0.6 is 0 Å². The van der Waals surface area contributed by atoms with Crippen LogP contribution in [0.3, 0.4) is 0 Å². The van der Waals surface area contributed by atoms with Gasteiger partial charge in [-0.15, -0.1) is 0 Å². The molecule has 3 aliphatic rings. The Bertz CT molecular complexity index is 1260. The molecule has 2 saturated heterocycles. The maximum atomic E-state index is 13.8. The zero-order valence-corrected chi connectivity index (χ0v) is 17.9. The summed E-state index contributed by atoms with van der Waals surface area (Å²) in [7, 11) is 0. The number of anilines is 1. The molecular weight excluding hydrogens is 414 g/mol. The summed E-state index contributed by atoms with van der Waals surface area (Å²) in [6.07, 6.45) is 0.553. The summed E-state index contributed by atoms with van der Waals surface area (Å²) in [6, 6.07) is 26.5. The number of hydrogen-bond acceptors (Lipinski definition) is 4. The van der Waals surface area contributed by atoms with E-state index in [1.165, 1.54) is 4.90 Å². The van der Waals surface area contributed by atoms with Crippen LogP contribution < -0.4 is 10.6 Å². The summed E-state index contributed by atoms with van der Waals surface area (Å²) >= 11 is 0. The Morgan fingerprint density at radius 3 is 2.12 bits per heavy atom. The van der Waals surface area contributed by atoms with E-state index < -0.39 is 17.4 Å². The van der Waals surface area contributed by atoms with Gasteiger partial charge in [0, 0.05) is 17.3 Å². The number of nitrogens with zero attached hydrogens (tertiary/aromatic N) is 1. The number of fused-ring (bicyclic) bond motifs is 4. The molecule has 6 heteroatoms. The van der Waals surface area contributed by atoms with E-state index in [1.807, 2.05) is 84.9 Å². The van der Waals surface area contributed by atoms with Crippen LogP contribution in [0.4, 0.5) is 5.69 Å². The van der Waals surface area contributed by atoms with Crippen molar-refractivity contribution in [2.45, 2.75) is 24.5 Å². The standard InChI is InChI=1S/C27H23N3O3/c31-24-22-21(15-17-9-3-1-4-10-17)29-27(19-13-7-8-14-20(19)28-26(27)33)23(22)25(32)30(24)16-18-11-5-2-6-12-18/h1-14,21-23,29H,15-16H2,(H,28,33)/t21-,22+,23-,27-/m0/s1. The van der Waals surface area contributed by atoms with Crippen molar-refractivity contribution in [3.63, 3.8) is 0 Å². The number of carbonyl (C=O) groups is 3. The van der Waals surface area contributed by atoms with Crippen molar-refractivity contribution < 1.29 is 14.4 Å². The SMILES string of the molecule is O=C1[C@@H]2[C@H](Cc3ccccc3)N[C@]3(C(=O)Nc4ccccc43)[C@@H]2C(=O)N1Cc1ccccc1. The van der Waals surface area contributed by atoms with Gasteiger partial charge in [0.25, 0.3) is 0 Å². The molecule has 6 nitrogen and oxygen atoms in total. The lowest BCUT2D eigenvalue weighted by Gasteiger charge is -2.29. The topological polar surface area (TPSA) is 78.5 Å². The van der Waals surface area contributed by atoms with E-state index >= 15 is 0 Å². The Morgan fingerprint density at radius 2 is 1.39 bits per heavy atom. The number of nitrogens with one attached hydrogen (secondary N) is 2. The summed E-state index contributed by atoms with van der Waals surface area (Å²) in [4.78, 5) is 42.3. The first-order chi connectivity index (χ1) is 16.1. The number of para-hydroxylation sites is 1. The van der Waals surface area contributed by atoms with Gasteiger partial charge in [-0.1, -0.05) is 78.9 Å². The van der Waals surface area contributed by atoms with Crippen LogP contribution in [0.15, 0.2) is 84.9 Å². The fourth-order valence-electron chi connectivity index (χ4n) is 5.78. The Kier molecular flexibility index (Phi) is 4.45. The van der Waals surface area contributed by atoms with E-state index in [-0.39, 0.29) is 30.3 Å². The van der Waals surface area contributed by atoms with Crippen LogP contribution in [0, 0.1) is 11.8 Å². The van der Waals surface area contributed by atoms with Gasteiger partial charge in [-0.2, -0.15) is 0 Å². The summed E-state index contributed by atoms with van der Waals surface area (Å²) < 4.78 is 0. The van der Waals surface area contributed by atoms with E-state index in [1.54, 1.807) is 0 Å². The molecule has 3 aromatic rings. The Balaban J connectivity index is 1.45. The maximum absolute atomic E-state index is 13.8. The minimum absolute atomic E-state index is 0.211. The van der Waals surface area contributed by atoms with Crippen LogP contribution in [-0.2, 0) is 32.9 Å². The average Bonchev–Trinajstić information content (AvgIpc) is 3.41. The van der Waals surface area contributed by atoms with E-state index in [4.69, 9.17) is 0 Å². The molecule has 2 fully saturated rings. The lowest BCUT2D eigenvalue weighted by atomic mass is 9.76. The summed E-state index contributed by atoms with van der Waals surface area (Å²) in [5.74, 6) is -2.17. The second-order valence-electron chi connectivity index (χ2n) is 9.00. The number of amides is 3. The van der Waals surface area contributed by atoms with Crippen molar-refractivity contribution in [3.05, 3.63) is 102 Å². The molecule has 0 aromatic heterocycles. The van der Waals surface area contributed by atoms with E-state index in [2.05, 4.69) is 10.6 Å². The van der Waals surface area contributed by atoms with Crippen molar-refractivity contribution in [2.24, 2.45) is 11.8 Å². The fourth-order valence-corrected chi connectivity index (χ4v) is 5.78. The zero-order chi connectivity index (χ0) is 22.6. The largest absolute Gasteiger partial charge is 0.324 e. The monoisotopic (exact) mass is 437 g/mol. The molecule has 3 amide bonds. The molecule has 3 heterocycles. The Morgan fingerprint density at radius 1 is 0.758 bits per heavy atom. The highest BCUT2D eigenvalue weighted by Crippen LogP contribution is 2.53. The third kappa shape index (κ3) is 2.87. The first-order valence-electron chi connectivity index (χ1n) is 11.2. The number of carbonyl (C=O) groups excluding carboxylic acids is 3. The zero-order valence-electron chi connectivity index (χ0n) is 17.9. The Hall–Kier alpha value is -3.77. The first-order valence-corrected chi connectivity index (χ1v) is 11.2. The molecular formula is C27H23N3O3. The number of rotatable bonds is 4. The van der Waals surface area contributed by atoms with Crippen molar-refractivity contribution >= 4 is 23.4 Å². The van der Waals surface area contributed by atoms with Gasteiger partial charge in [-0.25, -0.2) is 0 Å². The first kappa shape index (κ1) is 19.9. The average molecular weight is 437 g/mol. The van der Waals surface area contributed by atoms with Gasteiger partial charge in [0.05, 0.1) is 18.4 Å². The predicted octanol–water partition coefficient (Wildman–Crippen LogP) is 2.85. The van der Waals surface area contributed by atoms with Gasteiger partial charge >= 0.3 is 0 Å². The van der Waals surface area contributed by atoms with Crippen LogP contribution in [-0.4, -0.2) is 28.7 Å². The summed E-state index contributed by atoms with van der Waals surface area (Å²) in [5.41, 5.74) is 2.12. The van der Waals surface area contributed by atoms with Gasteiger partial charge < -0.3 is 5.32 Å². The van der Waals surface area contributed by atoms with Crippen LogP contribution in [0.1, 0.15) is 16.7 Å². The molecule has 0 radical (unpaired) electrons. The van der Waals surface area contributed by atoms with Crippen molar-refractivity contribution in [2.75, 3.05) is 5.32 Å². The number of imide groups is 1. The quantitative estimate of drug-likeness (QED) is 0.616. The highest BCUT2D eigenvalue weighted by atomic mass is 16.2.